The van der Waals surface area contributed by atoms with Crippen molar-refractivity contribution in [2.24, 2.45) is 0 Å². The molecule has 1 N–H and O–H groups in total. The smallest absolute Gasteiger partial charge is 0.244 e. The lowest BCUT2D eigenvalue weighted by atomic mass is 10.2. The van der Waals surface area contributed by atoms with E-state index in [9.17, 15) is 12.8 Å². The molecular weight excluding hydrogens is 281 g/mol. The molecule has 0 bridgehead atoms. The summed E-state index contributed by atoms with van der Waals surface area (Å²) in [7, 11) is -3.85. The number of aliphatic hydroxyl groups excluding tert-OH is 1. The first-order valence-electron chi connectivity index (χ1n) is 5.54. The van der Waals surface area contributed by atoms with Crippen LogP contribution in [0.5, 0.6) is 0 Å². The Kier molecular flexibility index (Phi) is 3.91. The fourth-order valence-electron chi connectivity index (χ4n) is 2.11. The van der Waals surface area contributed by atoms with Gasteiger partial charge >= 0.3 is 0 Å². The number of nitrogens with zero attached hydrogens (tertiary/aromatic N) is 1. The lowest BCUT2D eigenvalue weighted by molar-refractivity contribution is 0.213. The normalized spacial score (nSPS) is 21.4. The summed E-state index contributed by atoms with van der Waals surface area (Å²) in [5, 5.41) is 9.14. The minimum atomic E-state index is -3.85. The number of sulfonamides is 1. The number of halogens is 2. The Labute approximate surface area is 110 Å². The maximum atomic E-state index is 13.2. The summed E-state index contributed by atoms with van der Waals surface area (Å²) in [6, 6.07) is 2.78. The Morgan fingerprint density at radius 1 is 1.50 bits per heavy atom. The van der Waals surface area contributed by atoms with Crippen LogP contribution in [0.2, 0.25) is 5.02 Å². The number of rotatable bonds is 3. The van der Waals surface area contributed by atoms with E-state index in [1.807, 2.05) is 0 Å². The highest BCUT2D eigenvalue weighted by atomic mass is 35.5. The minimum absolute atomic E-state index is 0.0139. The highest BCUT2D eigenvalue weighted by Crippen LogP contribution is 2.30. The molecule has 1 atom stereocenters. The third kappa shape index (κ3) is 2.38. The second-order valence-corrected chi connectivity index (χ2v) is 6.44. The molecule has 4 nitrogen and oxygen atoms in total. The highest BCUT2D eigenvalue weighted by molar-refractivity contribution is 7.89. The van der Waals surface area contributed by atoms with Gasteiger partial charge in [0.2, 0.25) is 10.0 Å². The molecule has 2 rings (SSSR count). The van der Waals surface area contributed by atoms with Gasteiger partial charge in [-0.3, -0.25) is 0 Å². The van der Waals surface area contributed by atoms with Crippen molar-refractivity contribution >= 4 is 21.6 Å². The number of hydrogen-bond donors (Lipinski definition) is 1. The predicted molar refractivity (Wildman–Crippen MR) is 65.4 cm³/mol. The fourth-order valence-corrected chi connectivity index (χ4v) is 4.28. The summed E-state index contributed by atoms with van der Waals surface area (Å²) >= 11 is 5.82. The van der Waals surface area contributed by atoms with Gasteiger partial charge in [0.1, 0.15) is 10.7 Å². The van der Waals surface area contributed by atoms with Crippen LogP contribution >= 0.6 is 11.6 Å². The molecule has 1 fully saturated rings. The second-order valence-electron chi connectivity index (χ2n) is 4.17. The Hall–Kier alpha value is -0.690. The number of benzene rings is 1. The second kappa shape index (κ2) is 5.13. The first-order chi connectivity index (χ1) is 8.46. The van der Waals surface area contributed by atoms with E-state index < -0.39 is 21.9 Å². The van der Waals surface area contributed by atoms with Gasteiger partial charge in [-0.2, -0.15) is 4.31 Å². The van der Waals surface area contributed by atoms with Crippen LogP contribution in [-0.2, 0) is 10.0 Å². The first kappa shape index (κ1) is 13.7. The Balaban J connectivity index is 2.45. The molecule has 7 heteroatoms. The summed E-state index contributed by atoms with van der Waals surface area (Å²) in [6.07, 6.45) is 1.28. The quantitative estimate of drug-likeness (QED) is 0.921. The van der Waals surface area contributed by atoms with Crippen molar-refractivity contribution in [3.05, 3.63) is 29.0 Å². The van der Waals surface area contributed by atoms with E-state index >= 15 is 0 Å². The van der Waals surface area contributed by atoms with E-state index in [1.165, 1.54) is 10.4 Å². The lowest BCUT2D eigenvalue weighted by Gasteiger charge is -2.22. The third-order valence-electron chi connectivity index (χ3n) is 3.01. The average molecular weight is 294 g/mol. The van der Waals surface area contributed by atoms with Crippen molar-refractivity contribution < 1.29 is 17.9 Å². The SMILES string of the molecule is O=S(=O)(c1cc(F)ccc1Cl)N1CCC[C@H]1CO. The summed E-state index contributed by atoms with van der Waals surface area (Å²) in [4.78, 5) is -0.246. The molecule has 0 amide bonds. The number of hydrogen-bond acceptors (Lipinski definition) is 3. The van der Waals surface area contributed by atoms with Crippen molar-refractivity contribution in [3.63, 3.8) is 0 Å². The van der Waals surface area contributed by atoms with Crippen molar-refractivity contribution in [2.75, 3.05) is 13.2 Å². The Morgan fingerprint density at radius 2 is 2.22 bits per heavy atom. The van der Waals surface area contributed by atoms with Gasteiger partial charge in [0.25, 0.3) is 0 Å². The zero-order chi connectivity index (χ0) is 13.3. The molecule has 0 unspecified atom stereocenters. The van der Waals surface area contributed by atoms with Crippen LogP contribution in [0.4, 0.5) is 4.39 Å². The van der Waals surface area contributed by atoms with Crippen molar-refractivity contribution in [1.82, 2.24) is 4.31 Å². The summed E-state index contributed by atoms with van der Waals surface area (Å²) in [5.41, 5.74) is 0. The maximum Gasteiger partial charge on any atom is 0.244 e. The standard InChI is InChI=1S/C11H13ClFNO3S/c12-10-4-3-8(13)6-11(10)18(16,17)14-5-1-2-9(14)7-15/h3-4,6,9,15H,1-2,5,7H2/t9-/m0/s1. The van der Waals surface area contributed by atoms with Crippen LogP contribution in [0.25, 0.3) is 0 Å². The van der Waals surface area contributed by atoms with E-state index in [-0.39, 0.29) is 16.5 Å². The van der Waals surface area contributed by atoms with E-state index in [0.717, 1.165) is 12.1 Å². The van der Waals surface area contributed by atoms with Crippen LogP contribution in [-0.4, -0.2) is 37.0 Å². The lowest BCUT2D eigenvalue weighted by Crippen LogP contribution is -2.37. The molecule has 0 radical (unpaired) electrons. The third-order valence-corrected chi connectivity index (χ3v) is 5.45. The molecule has 0 aliphatic carbocycles. The van der Waals surface area contributed by atoms with Gasteiger partial charge in [0.05, 0.1) is 11.6 Å². The van der Waals surface area contributed by atoms with Crippen molar-refractivity contribution in [1.29, 1.82) is 0 Å². The fraction of sp³-hybridized carbons (Fsp3) is 0.455. The predicted octanol–water partition coefficient (Wildman–Crippen LogP) is 1.62. The van der Waals surface area contributed by atoms with Crippen LogP contribution in [0, 0.1) is 5.82 Å². The first-order valence-corrected chi connectivity index (χ1v) is 7.36. The largest absolute Gasteiger partial charge is 0.395 e. The van der Waals surface area contributed by atoms with Crippen LogP contribution in [0.3, 0.4) is 0 Å². The molecule has 1 aromatic rings. The van der Waals surface area contributed by atoms with Gasteiger partial charge in [-0.15, -0.1) is 0 Å². The summed E-state index contributed by atoms with van der Waals surface area (Å²) in [5.74, 6) is -0.655. The molecule has 1 heterocycles. The summed E-state index contributed by atoms with van der Waals surface area (Å²) < 4.78 is 39.0. The minimum Gasteiger partial charge on any atom is -0.395 e. The molecule has 1 aliphatic rings. The van der Waals surface area contributed by atoms with Gasteiger partial charge in [-0.05, 0) is 31.0 Å². The topological polar surface area (TPSA) is 57.6 Å². The summed E-state index contributed by atoms with van der Waals surface area (Å²) in [6.45, 7) is 0.0760. The van der Waals surface area contributed by atoms with Crippen molar-refractivity contribution in [2.45, 2.75) is 23.8 Å². The van der Waals surface area contributed by atoms with E-state index in [2.05, 4.69) is 0 Å². The molecule has 18 heavy (non-hydrogen) atoms. The highest BCUT2D eigenvalue weighted by Gasteiger charge is 2.36. The van der Waals surface area contributed by atoms with Gasteiger partial charge in [0.15, 0.2) is 0 Å². The Bertz CT molecular complexity index is 549. The molecular formula is C11H13ClFNO3S. The van der Waals surface area contributed by atoms with Crippen LogP contribution < -0.4 is 0 Å². The molecule has 0 spiro atoms. The van der Waals surface area contributed by atoms with E-state index in [0.29, 0.717) is 19.4 Å². The monoisotopic (exact) mass is 293 g/mol. The van der Waals surface area contributed by atoms with Gasteiger partial charge in [-0.25, -0.2) is 12.8 Å². The molecule has 1 aromatic carbocycles. The van der Waals surface area contributed by atoms with E-state index in [1.54, 1.807) is 0 Å². The van der Waals surface area contributed by atoms with Gasteiger partial charge < -0.3 is 5.11 Å². The maximum absolute atomic E-state index is 13.2. The average Bonchev–Trinajstić information content (AvgIpc) is 2.81. The van der Waals surface area contributed by atoms with Crippen LogP contribution in [0.15, 0.2) is 23.1 Å². The van der Waals surface area contributed by atoms with E-state index in [4.69, 9.17) is 16.7 Å². The van der Waals surface area contributed by atoms with Crippen molar-refractivity contribution in [3.8, 4) is 0 Å². The van der Waals surface area contributed by atoms with Crippen LogP contribution in [0.1, 0.15) is 12.8 Å². The molecule has 0 aromatic heterocycles. The zero-order valence-electron chi connectivity index (χ0n) is 9.51. The van der Waals surface area contributed by atoms with Gasteiger partial charge in [0, 0.05) is 12.6 Å². The van der Waals surface area contributed by atoms with Gasteiger partial charge in [-0.1, -0.05) is 11.6 Å². The zero-order valence-corrected chi connectivity index (χ0v) is 11.1. The molecule has 1 aliphatic heterocycles. The molecule has 100 valence electrons. The molecule has 0 saturated carbocycles. The Morgan fingerprint density at radius 3 is 2.89 bits per heavy atom. The molecule has 1 saturated heterocycles. The number of aliphatic hydroxyl groups is 1.